The lowest BCUT2D eigenvalue weighted by Crippen LogP contribution is -2.16. The molecule has 1 rings (SSSR count). The van der Waals surface area contributed by atoms with E-state index >= 15 is 0 Å². The third-order valence-electron chi connectivity index (χ3n) is 2.21. The van der Waals surface area contributed by atoms with E-state index in [1.165, 1.54) is 0 Å². The number of aromatic nitrogens is 1. The van der Waals surface area contributed by atoms with Crippen molar-refractivity contribution in [2.45, 2.75) is 13.8 Å². The summed E-state index contributed by atoms with van der Waals surface area (Å²) in [5, 5.41) is 0. The predicted octanol–water partition coefficient (Wildman–Crippen LogP) is 0.904. The molecule has 13 heavy (non-hydrogen) atoms. The molecule has 1 aromatic heterocycles. The van der Waals surface area contributed by atoms with Crippen LogP contribution < -0.4 is 10.9 Å². The van der Waals surface area contributed by atoms with Crippen LogP contribution in [0.25, 0.3) is 0 Å². The SMILES string of the molecule is [B]c1ccc(P(=O)(CC)CC)nc1. The molecule has 0 unspecified atom stereocenters. The third kappa shape index (κ3) is 2.22. The van der Waals surface area contributed by atoms with Gasteiger partial charge in [-0.2, -0.15) is 0 Å². The van der Waals surface area contributed by atoms with E-state index in [0.29, 0.717) is 23.2 Å². The van der Waals surface area contributed by atoms with Crippen molar-refractivity contribution in [3.8, 4) is 0 Å². The molecule has 0 fully saturated rings. The molecular formula is C9H13BNOP. The van der Waals surface area contributed by atoms with Gasteiger partial charge in [0.2, 0.25) is 0 Å². The number of pyridine rings is 1. The summed E-state index contributed by atoms with van der Waals surface area (Å²) in [7, 11) is 3.28. The van der Waals surface area contributed by atoms with Gasteiger partial charge in [0.05, 0.1) is 5.44 Å². The van der Waals surface area contributed by atoms with Crippen LogP contribution >= 0.6 is 7.14 Å². The highest BCUT2D eigenvalue weighted by atomic mass is 31.2. The van der Waals surface area contributed by atoms with Crippen LogP contribution in [0.3, 0.4) is 0 Å². The predicted molar refractivity (Wildman–Crippen MR) is 57.9 cm³/mol. The fourth-order valence-electron chi connectivity index (χ4n) is 1.19. The molecule has 2 nitrogen and oxygen atoms in total. The molecular weight excluding hydrogens is 180 g/mol. The maximum Gasteiger partial charge on any atom is 0.132 e. The Bertz CT molecular complexity index is 315. The molecule has 0 N–H and O–H groups in total. The summed E-state index contributed by atoms with van der Waals surface area (Å²) in [6, 6.07) is 3.52. The molecule has 0 aliphatic rings. The summed E-state index contributed by atoms with van der Waals surface area (Å²) in [5.41, 5.74) is 1.31. The Morgan fingerprint density at radius 3 is 2.38 bits per heavy atom. The highest BCUT2D eigenvalue weighted by Crippen LogP contribution is 2.41. The number of hydrogen-bond donors (Lipinski definition) is 0. The third-order valence-corrected chi connectivity index (χ3v) is 5.35. The monoisotopic (exact) mass is 193 g/mol. The van der Waals surface area contributed by atoms with E-state index < -0.39 is 7.14 Å². The average Bonchev–Trinajstić information content (AvgIpc) is 2.18. The van der Waals surface area contributed by atoms with Crippen molar-refractivity contribution in [3.05, 3.63) is 18.3 Å². The quantitative estimate of drug-likeness (QED) is 0.527. The summed E-state index contributed by atoms with van der Waals surface area (Å²) >= 11 is 0. The molecule has 0 saturated carbocycles. The Morgan fingerprint density at radius 1 is 1.38 bits per heavy atom. The van der Waals surface area contributed by atoms with E-state index in [2.05, 4.69) is 4.98 Å². The molecule has 68 valence electrons. The lowest BCUT2D eigenvalue weighted by atomic mass is 9.99. The van der Waals surface area contributed by atoms with Crippen molar-refractivity contribution in [1.82, 2.24) is 4.98 Å². The van der Waals surface area contributed by atoms with E-state index in [-0.39, 0.29) is 0 Å². The van der Waals surface area contributed by atoms with Gasteiger partial charge in [0, 0.05) is 18.5 Å². The molecule has 4 heteroatoms. The number of hydrogen-bond acceptors (Lipinski definition) is 2. The normalized spacial score (nSPS) is 11.5. The fraction of sp³-hybridized carbons (Fsp3) is 0.444. The summed E-state index contributed by atoms with van der Waals surface area (Å²) in [5.74, 6) is 0. The van der Waals surface area contributed by atoms with Crippen LogP contribution in [0.5, 0.6) is 0 Å². The van der Waals surface area contributed by atoms with Crippen molar-refractivity contribution in [3.63, 3.8) is 0 Å². The van der Waals surface area contributed by atoms with Gasteiger partial charge >= 0.3 is 0 Å². The molecule has 0 bridgehead atoms. The lowest BCUT2D eigenvalue weighted by Gasteiger charge is -2.12. The van der Waals surface area contributed by atoms with Crippen LogP contribution in [0.4, 0.5) is 0 Å². The van der Waals surface area contributed by atoms with Crippen molar-refractivity contribution in [1.29, 1.82) is 0 Å². The first kappa shape index (κ1) is 10.5. The minimum absolute atomic E-state index is 0.613. The van der Waals surface area contributed by atoms with Crippen LogP contribution in [0.15, 0.2) is 18.3 Å². The second-order valence-electron chi connectivity index (χ2n) is 2.97. The van der Waals surface area contributed by atoms with E-state index in [4.69, 9.17) is 7.85 Å². The fourth-order valence-corrected chi connectivity index (χ4v) is 2.90. The van der Waals surface area contributed by atoms with Crippen molar-refractivity contribution >= 4 is 25.9 Å². The second-order valence-corrected chi connectivity index (χ2v) is 6.47. The minimum atomic E-state index is -2.22. The lowest BCUT2D eigenvalue weighted by molar-refractivity contribution is 0.582. The Balaban J connectivity index is 3.07. The Kier molecular flexibility index (Phi) is 3.32. The number of rotatable bonds is 3. The smallest absolute Gasteiger partial charge is 0.132 e. The van der Waals surface area contributed by atoms with Crippen molar-refractivity contribution in [2.24, 2.45) is 0 Å². The van der Waals surface area contributed by atoms with Crippen molar-refractivity contribution in [2.75, 3.05) is 12.3 Å². The molecule has 0 aliphatic heterocycles. The first-order valence-corrected chi connectivity index (χ1v) is 6.50. The topological polar surface area (TPSA) is 30.0 Å². The minimum Gasteiger partial charge on any atom is -0.317 e. The van der Waals surface area contributed by atoms with Gasteiger partial charge < -0.3 is 4.57 Å². The van der Waals surface area contributed by atoms with Gasteiger partial charge in [0.25, 0.3) is 0 Å². The molecule has 0 spiro atoms. The zero-order chi connectivity index (χ0) is 9.90. The molecule has 0 aromatic carbocycles. The Morgan fingerprint density at radius 2 is 2.00 bits per heavy atom. The van der Waals surface area contributed by atoms with Gasteiger partial charge in [-0.1, -0.05) is 25.4 Å². The standard InChI is InChI=1S/C9H13BNOP/c1-3-13(12,4-2)9-6-5-8(10)7-11-9/h5-7H,3-4H2,1-2H3. The maximum absolute atomic E-state index is 12.2. The summed E-state index contributed by atoms with van der Waals surface area (Å²) in [6.07, 6.45) is 2.90. The molecule has 0 aliphatic carbocycles. The van der Waals surface area contributed by atoms with Crippen LogP contribution in [0, 0.1) is 0 Å². The largest absolute Gasteiger partial charge is 0.317 e. The van der Waals surface area contributed by atoms with Crippen molar-refractivity contribution < 1.29 is 4.57 Å². The summed E-state index contributed by atoms with van der Waals surface area (Å²) < 4.78 is 12.2. The second kappa shape index (κ2) is 4.10. The first-order valence-electron chi connectivity index (χ1n) is 4.42. The summed E-state index contributed by atoms with van der Waals surface area (Å²) in [6.45, 7) is 3.87. The van der Waals surface area contributed by atoms with Crippen LogP contribution in [0.1, 0.15) is 13.8 Å². The number of nitrogens with zero attached hydrogens (tertiary/aromatic N) is 1. The summed E-state index contributed by atoms with van der Waals surface area (Å²) in [4.78, 5) is 4.10. The molecule has 1 aromatic rings. The van der Waals surface area contributed by atoms with Gasteiger partial charge in [0.15, 0.2) is 0 Å². The van der Waals surface area contributed by atoms with E-state index in [1.807, 2.05) is 13.8 Å². The van der Waals surface area contributed by atoms with Gasteiger partial charge in [-0.15, -0.1) is 0 Å². The molecule has 2 radical (unpaired) electrons. The first-order chi connectivity index (χ1) is 6.12. The molecule has 1 heterocycles. The van der Waals surface area contributed by atoms with Gasteiger partial charge in [0.1, 0.15) is 15.0 Å². The van der Waals surface area contributed by atoms with E-state index in [9.17, 15) is 4.57 Å². The van der Waals surface area contributed by atoms with E-state index in [1.54, 1.807) is 18.3 Å². The van der Waals surface area contributed by atoms with E-state index in [0.717, 1.165) is 0 Å². The molecule has 0 saturated heterocycles. The molecule has 0 atom stereocenters. The van der Waals surface area contributed by atoms with Crippen LogP contribution in [0.2, 0.25) is 0 Å². The molecule has 0 amide bonds. The zero-order valence-electron chi connectivity index (χ0n) is 8.03. The Labute approximate surface area is 80.6 Å². The van der Waals surface area contributed by atoms with Gasteiger partial charge in [-0.05, 0) is 6.07 Å². The van der Waals surface area contributed by atoms with Gasteiger partial charge in [-0.25, -0.2) is 0 Å². The highest BCUT2D eigenvalue weighted by molar-refractivity contribution is 7.71. The zero-order valence-corrected chi connectivity index (χ0v) is 8.92. The maximum atomic E-state index is 12.2. The van der Waals surface area contributed by atoms with Crippen LogP contribution in [-0.2, 0) is 4.57 Å². The highest BCUT2D eigenvalue weighted by Gasteiger charge is 2.20. The average molecular weight is 193 g/mol. The van der Waals surface area contributed by atoms with Crippen LogP contribution in [-0.4, -0.2) is 25.2 Å². The Hall–Kier alpha value is -0.555. The van der Waals surface area contributed by atoms with Gasteiger partial charge in [-0.3, -0.25) is 4.98 Å².